The number of nitrogens with zero attached hydrogens (tertiary/aromatic N) is 1. The summed E-state index contributed by atoms with van der Waals surface area (Å²) >= 11 is 0. The van der Waals surface area contributed by atoms with Crippen LogP contribution in [-0.2, 0) is 71.2 Å². The lowest BCUT2D eigenvalue weighted by atomic mass is 10.0. The lowest BCUT2D eigenvalue weighted by Crippen LogP contribution is -2.54. The molecular formula is C48H69N3O18. The molecule has 2 aliphatic heterocycles. The molecule has 0 spiro atoms. The highest BCUT2D eigenvalue weighted by atomic mass is 16.6. The molecule has 1 unspecified atom stereocenters. The molecule has 0 bridgehead atoms. The van der Waals surface area contributed by atoms with E-state index in [1.165, 1.54) is 6.07 Å². The number of ether oxygens (including phenoxy) is 12. The van der Waals surface area contributed by atoms with Crippen LogP contribution in [0.25, 0.3) is 0 Å². The quantitative estimate of drug-likeness (QED) is 0.0552. The number of unbranched alkanes of at least 4 members (excludes halogenated alkanes) is 2. The SMILES string of the molecule is O=C1CCC(N2C(=O)c3cccc(NC(=O)CCCCCOCCOCCOCCOCCOCCOCCOCCOCCOCCOCCOCCOC(=O)c4ccccc4)c3C2=O)C(=O)N1. The monoisotopic (exact) mass is 975 g/mol. The lowest BCUT2D eigenvalue weighted by Gasteiger charge is -2.27. The summed E-state index contributed by atoms with van der Waals surface area (Å²) in [5, 5.41) is 4.91. The Bertz CT molecular complexity index is 1800. The van der Waals surface area contributed by atoms with Crippen molar-refractivity contribution in [2.75, 3.05) is 157 Å². The molecule has 1 saturated heterocycles. The minimum atomic E-state index is -1.08. The van der Waals surface area contributed by atoms with Gasteiger partial charge >= 0.3 is 5.97 Å². The van der Waals surface area contributed by atoms with E-state index in [1.807, 2.05) is 6.07 Å². The van der Waals surface area contributed by atoms with Crippen molar-refractivity contribution in [3.8, 4) is 0 Å². The molecule has 0 saturated carbocycles. The van der Waals surface area contributed by atoms with Gasteiger partial charge in [-0.3, -0.25) is 34.2 Å². The van der Waals surface area contributed by atoms with E-state index in [-0.39, 0.29) is 54.6 Å². The van der Waals surface area contributed by atoms with Crippen LogP contribution < -0.4 is 10.6 Å². The average molecular weight is 976 g/mol. The maximum Gasteiger partial charge on any atom is 0.338 e. The van der Waals surface area contributed by atoms with Crippen molar-refractivity contribution in [2.45, 2.75) is 44.6 Å². The second kappa shape index (κ2) is 36.2. The Morgan fingerprint density at radius 1 is 0.507 bits per heavy atom. The number of esters is 1. The summed E-state index contributed by atoms with van der Waals surface area (Å²) < 4.78 is 65.6. The van der Waals surface area contributed by atoms with Gasteiger partial charge in [-0.2, -0.15) is 0 Å². The first-order chi connectivity index (χ1) is 33.9. The maximum atomic E-state index is 13.2. The molecule has 21 heteroatoms. The van der Waals surface area contributed by atoms with Crippen LogP contribution in [0.15, 0.2) is 48.5 Å². The number of fused-ring (bicyclic) bond motifs is 1. The predicted octanol–water partition coefficient (Wildman–Crippen LogP) is 2.63. The van der Waals surface area contributed by atoms with Gasteiger partial charge in [-0.05, 0) is 43.5 Å². The number of anilines is 1. The van der Waals surface area contributed by atoms with Gasteiger partial charge in [0.25, 0.3) is 11.8 Å². The largest absolute Gasteiger partial charge is 0.460 e. The Balaban J connectivity index is 0.791. The second-order valence-corrected chi connectivity index (χ2v) is 15.3. The zero-order valence-electron chi connectivity index (χ0n) is 39.5. The van der Waals surface area contributed by atoms with E-state index in [1.54, 1.807) is 36.4 Å². The van der Waals surface area contributed by atoms with Crippen LogP contribution in [-0.4, -0.2) is 198 Å². The maximum absolute atomic E-state index is 13.2. The van der Waals surface area contributed by atoms with Crippen molar-refractivity contribution in [2.24, 2.45) is 0 Å². The first-order valence-electron chi connectivity index (χ1n) is 23.6. The van der Waals surface area contributed by atoms with Crippen molar-refractivity contribution in [1.29, 1.82) is 0 Å². The third-order valence-electron chi connectivity index (χ3n) is 10.1. The molecule has 0 aliphatic carbocycles. The van der Waals surface area contributed by atoms with Gasteiger partial charge in [0.2, 0.25) is 17.7 Å². The number of carbonyl (C=O) groups excluding carboxylic acids is 6. The number of piperidine rings is 1. The van der Waals surface area contributed by atoms with Crippen molar-refractivity contribution < 1.29 is 85.6 Å². The Kier molecular flexibility index (Phi) is 29.8. The third kappa shape index (κ3) is 23.6. The summed E-state index contributed by atoms with van der Waals surface area (Å²) in [4.78, 5) is 75.5. The standard InChI is InChI=1S/C48H69N3O18/c52-42(49-40-11-7-10-39-44(40)47(56)51(46(39)55)41-13-14-43(53)50-45(41)54)12-5-2-6-15-58-16-17-59-18-19-60-20-21-61-22-23-62-24-25-63-26-27-64-28-29-65-30-31-66-32-33-67-34-35-68-36-37-69-48(57)38-8-3-1-4-9-38/h1,3-4,7-11,41H,2,5-6,12-37H2,(H,49,52)(H,50,53,54). The van der Waals surface area contributed by atoms with E-state index >= 15 is 0 Å². The minimum Gasteiger partial charge on any atom is -0.460 e. The van der Waals surface area contributed by atoms with Crippen LogP contribution in [0.5, 0.6) is 0 Å². The summed E-state index contributed by atoms with van der Waals surface area (Å²) in [6, 6.07) is 12.3. The van der Waals surface area contributed by atoms with Crippen molar-refractivity contribution in [1.82, 2.24) is 10.2 Å². The van der Waals surface area contributed by atoms with Gasteiger partial charge in [0.15, 0.2) is 0 Å². The molecule has 384 valence electrons. The first kappa shape index (κ1) is 56.8. The smallest absolute Gasteiger partial charge is 0.338 e. The minimum absolute atomic E-state index is 0.0239. The molecule has 69 heavy (non-hydrogen) atoms. The molecule has 0 aromatic heterocycles. The van der Waals surface area contributed by atoms with Crippen molar-refractivity contribution >= 4 is 41.2 Å². The van der Waals surface area contributed by atoms with Gasteiger partial charge < -0.3 is 62.2 Å². The average Bonchev–Trinajstić information content (AvgIpc) is 3.61. The van der Waals surface area contributed by atoms with E-state index in [0.717, 1.165) is 17.7 Å². The van der Waals surface area contributed by atoms with Crippen LogP contribution in [0.4, 0.5) is 5.69 Å². The molecule has 2 aromatic rings. The zero-order valence-corrected chi connectivity index (χ0v) is 39.5. The third-order valence-corrected chi connectivity index (χ3v) is 10.1. The Labute approximate surface area is 403 Å². The van der Waals surface area contributed by atoms with Crippen LogP contribution in [0, 0.1) is 0 Å². The van der Waals surface area contributed by atoms with Crippen LogP contribution in [0.1, 0.15) is 69.6 Å². The molecule has 2 heterocycles. The molecule has 5 amide bonds. The fraction of sp³-hybridized carbons (Fsp3) is 0.625. The first-order valence-corrected chi connectivity index (χ1v) is 23.6. The fourth-order valence-corrected chi connectivity index (χ4v) is 6.65. The number of nitrogens with one attached hydrogen (secondary N) is 2. The Morgan fingerprint density at radius 2 is 0.957 bits per heavy atom. The van der Waals surface area contributed by atoms with E-state index in [4.69, 9.17) is 56.8 Å². The Hall–Kier alpha value is -4.78. The molecule has 1 fully saturated rings. The van der Waals surface area contributed by atoms with Crippen LogP contribution >= 0.6 is 0 Å². The highest BCUT2D eigenvalue weighted by molar-refractivity contribution is 6.26. The number of imide groups is 2. The summed E-state index contributed by atoms with van der Waals surface area (Å²) in [6.07, 6.45) is 2.41. The fourth-order valence-electron chi connectivity index (χ4n) is 6.65. The van der Waals surface area contributed by atoms with Gasteiger partial charge in [-0.25, -0.2) is 4.79 Å². The lowest BCUT2D eigenvalue weighted by molar-refractivity contribution is -0.136. The number of carbonyl (C=O) groups is 6. The summed E-state index contributed by atoms with van der Waals surface area (Å²) in [6.45, 7) is 10.0. The van der Waals surface area contributed by atoms with E-state index in [0.29, 0.717) is 157 Å². The van der Waals surface area contributed by atoms with Gasteiger partial charge in [-0.15, -0.1) is 0 Å². The van der Waals surface area contributed by atoms with E-state index < -0.39 is 29.7 Å². The zero-order chi connectivity index (χ0) is 49.0. The molecule has 2 aromatic carbocycles. The van der Waals surface area contributed by atoms with Gasteiger partial charge in [0.05, 0.1) is 161 Å². The van der Waals surface area contributed by atoms with Crippen molar-refractivity contribution in [3.05, 3.63) is 65.2 Å². The number of rotatable bonds is 42. The van der Waals surface area contributed by atoms with Crippen LogP contribution in [0.2, 0.25) is 0 Å². The van der Waals surface area contributed by atoms with Gasteiger partial charge in [-0.1, -0.05) is 30.7 Å². The molecule has 2 N–H and O–H groups in total. The second-order valence-electron chi connectivity index (χ2n) is 15.3. The topological polar surface area (TPSA) is 240 Å². The highest BCUT2D eigenvalue weighted by Gasteiger charge is 2.45. The Morgan fingerprint density at radius 3 is 1.42 bits per heavy atom. The molecule has 2 aliphatic rings. The van der Waals surface area contributed by atoms with Gasteiger partial charge in [0.1, 0.15) is 12.6 Å². The molecule has 1 atom stereocenters. The normalized spacial score (nSPS) is 14.6. The summed E-state index contributed by atoms with van der Waals surface area (Å²) in [7, 11) is 0. The number of benzene rings is 2. The highest BCUT2D eigenvalue weighted by Crippen LogP contribution is 2.32. The summed E-state index contributed by atoms with van der Waals surface area (Å²) in [5.74, 6) is -3.10. The van der Waals surface area contributed by atoms with Gasteiger partial charge in [0, 0.05) is 19.4 Å². The molecule has 21 nitrogen and oxygen atoms in total. The number of hydrogen-bond donors (Lipinski definition) is 2. The molecule has 0 radical (unpaired) electrons. The molecular weight excluding hydrogens is 907 g/mol. The number of hydrogen-bond acceptors (Lipinski definition) is 18. The van der Waals surface area contributed by atoms with Crippen LogP contribution in [0.3, 0.4) is 0 Å². The predicted molar refractivity (Wildman–Crippen MR) is 246 cm³/mol. The van der Waals surface area contributed by atoms with Crippen molar-refractivity contribution in [3.63, 3.8) is 0 Å². The molecule has 4 rings (SSSR count). The summed E-state index contributed by atoms with van der Waals surface area (Å²) in [5.41, 5.74) is 0.882. The van der Waals surface area contributed by atoms with E-state index in [9.17, 15) is 28.8 Å². The number of amides is 5. The van der Waals surface area contributed by atoms with E-state index in [2.05, 4.69) is 10.6 Å².